The molecule has 1 N–H and O–H groups in total. The predicted octanol–water partition coefficient (Wildman–Crippen LogP) is 3.81. The van der Waals surface area contributed by atoms with Crippen molar-refractivity contribution >= 4 is 28.2 Å². The first-order chi connectivity index (χ1) is 7.78. The molecule has 0 radical (unpaired) electrons. The van der Waals surface area contributed by atoms with Crippen LogP contribution >= 0.6 is 11.6 Å². The van der Waals surface area contributed by atoms with E-state index >= 15 is 0 Å². The number of hydrogen-bond acceptors (Lipinski definition) is 2. The topological polar surface area (TPSA) is 24.9 Å². The minimum absolute atomic E-state index is 0.673. The molecule has 0 aliphatic heterocycles. The number of rotatable bonds is 2. The van der Waals surface area contributed by atoms with Crippen molar-refractivity contribution in [2.24, 2.45) is 0 Å². The molecule has 16 heavy (non-hydrogen) atoms. The third kappa shape index (κ3) is 1.63. The van der Waals surface area contributed by atoms with Crippen molar-refractivity contribution in [2.45, 2.75) is 18.8 Å². The zero-order chi connectivity index (χ0) is 11.1. The van der Waals surface area contributed by atoms with Gasteiger partial charge in [-0.3, -0.25) is 4.98 Å². The van der Waals surface area contributed by atoms with Crippen LogP contribution < -0.4 is 5.32 Å². The SMILES string of the molecule is CNc1cc(C2CC2)nc2ccc(Cl)cc12. The molecule has 0 saturated heterocycles. The van der Waals surface area contributed by atoms with E-state index in [0.29, 0.717) is 5.92 Å². The maximum Gasteiger partial charge on any atom is 0.0727 e. The van der Waals surface area contributed by atoms with Crippen molar-refractivity contribution in [1.82, 2.24) is 4.98 Å². The number of aromatic nitrogens is 1. The normalized spacial score (nSPS) is 15.4. The molecule has 3 heteroatoms. The van der Waals surface area contributed by atoms with Gasteiger partial charge in [-0.05, 0) is 37.1 Å². The highest BCUT2D eigenvalue weighted by atomic mass is 35.5. The smallest absolute Gasteiger partial charge is 0.0727 e. The molecular weight excluding hydrogens is 220 g/mol. The van der Waals surface area contributed by atoms with Gasteiger partial charge in [0.2, 0.25) is 0 Å². The average Bonchev–Trinajstić information content (AvgIpc) is 3.11. The van der Waals surface area contributed by atoms with E-state index < -0.39 is 0 Å². The van der Waals surface area contributed by atoms with Crippen LogP contribution in [0.15, 0.2) is 24.3 Å². The summed E-state index contributed by atoms with van der Waals surface area (Å²) in [6.07, 6.45) is 2.55. The summed E-state index contributed by atoms with van der Waals surface area (Å²) in [5.74, 6) is 0.673. The molecule has 2 aromatic rings. The van der Waals surface area contributed by atoms with Crippen LogP contribution in [0.4, 0.5) is 5.69 Å². The molecule has 0 spiro atoms. The number of halogens is 1. The lowest BCUT2D eigenvalue weighted by Gasteiger charge is -2.08. The van der Waals surface area contributed by atoms with E-state index in [0.717, 1.165) is 21.6 Å². The molecule has 0 bridgehead atoms. The molecule has 82 valence electrons. The van der Waals surface area contributed by atoms with Gasteiger partial charge in [0.25, 0.3) is 0 Å². The first kappa shape index (κ1) is 9.91. The van der Waals surface area contributed by atoms with Crippen LogP contribution in [0.2, 0.25) is 5.02 Å². The van der Waals surface area contributed by atoms with Crippen LogP contribution in [-0.4, -0.2) is 12.0 Å². The van der Waals surface area contributed by atoms with Crippen molar-refractivity contribution in [2.75, 3.05) is 12.4 Å². The van der Waals surface area contributed by atoms with Crippen molar-refractivity contribution in [1.29, 1.82) is 0 Å². The summed E-state index contributed by atoms with van der Waals surface area (Å²) in [6, 6.07) is 8.00. The fourth-order valence-corrected chi connectivity index (χ4v) is 2.19. The minimum atomic E-state index is 0.673. The van der Waals surface area contributed by atoms with Crippen molar-refractivity contribution in [3.8, 4) is 0 Å². The van der Waals surface area contributed by atoms with Gasteiger partial charge < -0.3 is 5.32 Å². The zero-order valence-electron chi connectivity index (χ0n) is 9.13. The summed E-state index contributed by atoms with van der Waals surface area (Å²) in [6.45, 7) is 0. The number of pyridine rings is 1. The fourth-order valence-electron chi connectivity index (χ4n) is 2.01. The molecule has 1 aliphatic carbocycles. The van der Waals surface area contributed by atoms with Gasteiger partial charge in [0.05, 0.1) is 5.52 Å². The highest BCUT2D eigenvalue weighted by Crippen LogP contribution is 2.41. The Morgan fingerprint density at radius 3 is 2.81 bits per heavy atom. The van der Waals surface area contributed by atoms with Crippen LogP contribution in [0, 0.1) is 0 Å². The Labute approximate surface area is 99.6 Å². The van der Waals surface area contributed by atoms with Crippen molar-refractivity contribution < 1.29 is 0 Å². The standard InChI is InChI=1S/C13H13ClN2/c1-15-13-7-12(8-2-3-8)16-11-5-4-9(14)6-10(11)13/h4-8H,2-3H2,1H3,(H,15,16). The number of nitrogens with zero attached hydrogens (tertiary/aromatic N) is 1. The minimum Gasteiger partial charge on any atom is -0.388 e. The molecule has 1 fully saturated rings. The monoisotopic (exact) mass is 232 g/mol. The largest absolute Gasteiger partial charge is 0.388 e. The van der Waals surface area contributed by atoms with Gasteiger partial charge >= 0.3 is 0 Å². The van der Waals surface area contributed by atoms with Gasteiger partial charge in [-0.25, -0.2) is 0 Å². The molecule has 0 amide bonds. The van der Waals surface area contributed by atoms with Crippen LogP contribution in [0.5, 0.6) is 0 Å². The molecule has 3 rings (SSSR count). The summed E-state index contributed by atoms with van der Waals surface area (Å²) in [4.78, 5) is 4.69. The maximum absolute atomic E-state index is 6.01. The summed E-state index contributed by atoms with van der Waals surface area (Å²) in [5, 5.41) is 5.07. The molecule has 1 aromatic carbocycles. The van der Waals surface area contributed by atoms with E-state index in [4.69, 9.17) is 11.6 Å². The molecule has 1 aromatic heterocycles. The number of fused-ring (bicyclic) bond motifs is 1. The van der Waals surface area contributed by atoms with Gasteiger partial charge in [-0.15, -0.1) is 0 Å². The Kier molecular flexibility index (Phi) is 2.25. The Morgan fingerprint density at radius 2 is 2.12 bits per heavy atom. The first-order valence-corrected chi connectivity index (χ1v) is 5.93. The first-order valence-electron chi connectivity index (χ1n) is 5.56. The second kappa shape index (κ2) is 3.63. The van der Waals surface area contributed by atoms with Gasteiger partial charge in [0.1, 0.15) is 0 Å². The Hall–Kier alpha value is -1.28. The lowest BCUT2D eigenvalue weighted by Crippen LogP contribution is -1.95. The Morgan fingerprint density at radius 1 is 1.31 bits per heavy atom. The number of benzene rings is 1. The fraction of sp³-hybridized carbons (Fsp3) is 0.308. The van der Waals surface area contributed by atoms with Gasteiger partial charge in [0, 0.05) is 34.8 Å². The summed E-state index contributed by atoms with van der Waals surface area (Å²) in [7, 11) is 1.94. The van der Waals surface area contributed by atoms with Crippen LogP contribution in [0.3, 0.4) is 0 Å². The summed E-state index contributed by atoms with van der Waals surface area (Å²) < 4.78 is 0. The summed E-state index contributed by atoms with van der Waals surface area (Å²) in [5.41, 5.74) is 3.35. The van der Waals surface area contributed by atoms with E-state index in [1.165, 1.54) is 18.5 Å². The second-order valence-corrected chi connectivity index (χ2v) is 4.72. The zero-order valence-corrected chi connectivity index (χ0v) is 9.88. The van der Waals surface area contributed by atoms with Crippen molar-refractivity contribution in [3.05, 3.63) is 35.0 Å². The lowest BCUT2D eigenvalue weighted by atomic mass is 10.1. The molecule has 0 atom stereocenters. The third-order valence-electron chi connectivity index (χ3n) is 3.06. The molecule has 1 aliphatic rings. The molecule has 0 unspecified atom stereocenters. The van der Waals surface area contributed by atoms with Gasteiger partial charge in [-0.1, -0.05) is 11.6 Å². The molecule has 1 saturated carbocycles. The van der Waals surface area contributed by atoms with E-state index in [-0.39, 0.29) is 0 Å². The van der Waals surface area contributed by atoms with E-state index in [9.17, 15) is 0 Å². The maximum atomic E-state index is 6.01. The van der Waals surface area contributed by atoms with Gasteiger partial charge in [-0.2, -0.15) is 0 Å². The van der Waals surface area contributed by atoms with Gasteiger partial charge in [0.15, 0.2) is 0 Å². The predicted molar refractivity (Wildman–Crippen MR) is 68.3 cm³/mol. The number of nitrogens with one attached hydrogen (secondary N) is 1. The quantitative estimate of drug-likeness (QED) is 0.852. The lowest BCUT2D eigenvalue weighted by molar-refractivity contribution is 1.04. The Bertz CT molecular complexity index is 547. The highest BCUT2D eigenvalue weighted by molar-refractivity contribution is 6.31. The third-order valence-corrected chi connectivity index (χ3v) is 3.29. The van der Waals surface area contributed by atoms with E-state index in [2.05, 4.69) is 16.4 Å². The highest BCUT2D eigenvalue weighted by Gasteiger charge is 2.25. The summed E-state index contributed by atoms with van der Waals surface area (Å²) >= 11 is 6.01. The van der Waals surface area contributed by atoms with Crippen LogP contribution in [0.1, 0.15) is 24.5 Å². The van der Waals surface area contributed by atoms with E-state index in [1.54, 1.807) is 0 Å². The van der Waals surface area contributed by atoms with Crippen molar-refractivity contribution in [3.63, 3.8) is 0 Å². The number of hydrogen-bond donors (Lipinski definition) is 1. The van der Waals surface area contributed by atoms with Crippen LogP contribution in [0.25, 0.3) is 10.9 Å². The Balaban J connectivity index is 2.25. The second-order valence-electron chi connectivity index (χ2n) is 4.28. The molecule has 2 nitrogen and oxygen atoms in total. The molecule has 1 heterocycles. The number of anilines is 1. The molecular formula is C13H13ClN2. The van der Waals surface area contributed by atoms with E-state index in [1.807, 2.05) is 25.2 Å². The van der Waals surface area contributed by atoms with Crippen LogP contribution in [-0.2, 0) is 0 Å². The average molecular weight is 233 g/mol.